The Bertz CT molecular complexity index is 552. The smallest absolute Gasteiger partial charge is 0.275 e. The summed E-state index contributed by atoms with van der Waals surface area (Å²) in [4.78, 5) is 19.6. The predicted octanol–water partition coefficient (Wildman–Crippen LogP) is 1.71. The molecule has 0 atom stereocenters. The molecule has 6 heteroatoms. The van der Waals surface area contributed by atoms with Crippen LogP contribution in [0.3, 0.4) is 0 Å². The number of nitrogens with zero attached hydrogens (tertiary/aromatic N) is 2. The fourth-order valence-corrected chi connectivity index (χ4v) is 1.45. The normalized spacial score (nSPS) is 9.95. The number of benzene rings is 1. The second kappa shape index (κ2) is 5.81. The van der Waals surface area contributed by atoms with Gasteiger partial charge in [0, 0.05) is 5.69 Å². The molecule has 0 bridgehead atoms. The standard InChI is InChI=1S/C13H14N4O2/c1-2-19-10-5-3-9(4-6-10)17-13(18)11-7-16-12(14)8-15-11/h3-8H,2H2,1H3,(H2,14,16)(H,17,18). The monoisotopic (exact) mass is 258 g/mol. The van der Waals surface area contributed by atoms with Crippen LogP contribution in [0.15, 0.2) is 36.7 Å². The van der Waals surface area contributed by atoms with Crippen LogP contribution in [-0.4, -0.2) is 22.5 Å². The van der Waals surface area contributed by atoms with Crippen LogP contribution in [0.1, 0.15) is 17.4 Å². The molecule has 98 valence electrons. The van der Waals surface area contributed by atoms with Crippen LogP contribution >= 0.6 is 0 Å². The van der Waals surface area contributed by atoms with E-state index in [1.807, 2.05) is 6.92 Å². The van der Waals surface area contributed by atoms with E-state index in [1.165, 1.54) is 12.4 Å². The van der Waals surface area contributed by atoms with E-state index in [0.29, 0.717) is 12.3 Å². The van der Waals surface area contributed by atoms with Gasteiger partial charge in [0.15, 0.2) is 0 Å². The lowest BCUT2D eigenvalue weighted by molar-refractivity contribution is 0.102. The molecule has 2 rings (SSSR count). The first-order chi connectivity index (χ1) is 9.19. The van der Waals surface area contributed by atoms with E-state index in [-0.39, 0.29) is 17.4 Å². The molecular formula is C13H14N4O2. The van der Waals surface area contributed by atoms with Crippen molar-refractivity contribution in [2.24, 2.45) is 0 Å². The molecule has 3 N–H and O–H groups in total. The van der Waals surface area contributed by atoms with Crippen molar-refractivity contribution < 1.29 is 9.53 Å². The van der Waals surface area contributed by atoms with Gasteiger partial charge in [-0.05, 0) is 31.2 Å². The fraction of sp³-hybridized carbons (Fsp3) is 0.154. The summed E-state index contributed by atoms with van der Waals surface area (Å²) in [7, 11) is 0. The maximum atomic E-state index is 11.9. The first kappa shape index (κ1) is 12.8. The molecule has 19 heavy (non-hydrogen) atoms. The first-order valence-electron chi connectivity index (χ1n) is 5.81. The summed E-state index contributed by atoms with van der Waals surface area (Å²) in [5, 5.41) is 2.71. The third-order valence-electron chi connectivity index (χ3n) is 2.33. The van der Waals surface area contributed by atoms with Crippen molar-refractivity contribution >= 4 is 17.4 Å². The van der Waals surface area contributed by atoms with Crippen LogP contribution in [0.5, 0.6) is 5.75 Å². The van der Waals surface area contributed by atoms with Crippen molar-refractivity contribution in [2.45, 2.75) is 6.92 Å². The number of rotatable bonds is 4. The highest BCUT2D eigenvalue weighted by Gasteiger charge is 2.07. The van der Waals surface area contributed by atoms with E-state index >= 15 is 0 Å². The molecule has 0 unspecified atom stereocenters. The van der Waals surface area contributed by atoms with Crippen molar-refractivity contribution in [1.29, 1.82) is 0 Å². The molecular weight excluding hydrogens is 244 g/mol. The topological polar surface area (TPSA) is 90.1 Å². The van der Waals surface area contributed by atoms with Crippen LogP contribution in [0.25, 0.3) is 0 Å². The van der Waals surface area contributed by atoms with Gasteiger partial charge in [-0.25, -0.2) is 9.97 Å². The second-order valence-corrected chi connectivity index (χ2v) is 3.74. The molecule has 0 radical (unpaired) electrons. The average molecular weight is 258 g/mol. The lowest BCUT2D eigenvalue weighted by Gasteiger charge is -2.06. The van der Waals surface area contributed by atoms with E-state index < -0.39 is 0 Å². The highest BCUT2D eigenvalue weighted by atomic mass is 16.5. The van der Waals surface area contributed by atoms with Gasteiger partial charge in [-0.1, -0.05) is 0 Å². The van der Waals surface area contributed by atoms with E-state index in [9.17, 15) is 4.79 Å². The van der Waals surface area contributed by atoms with E-state index in [1.54, 1.807) is 24.3 Å². The van der Waals surface area contributed by atoms with Crippen LogP contribution in [0, 0.1) is 0 Å². The Labute approximate surface area is 110 Å². The Hall–Kier alpha value is -2.63. The number of aromatic nitrogens is 2. The predicted molar refractivity (Wildman–Crippen MR) is 72.0 cm³/mol. The van der Waals surface area contributed by atoms with Crippen molar-refractivity contribution in [3.05, 3.63) is 42.4 Å². The van der Waals surface area contributed by atoms with E-state index in [2.05, 4.69) is 15.3 Å². The molecule has 0 fully saturated rings. The highest BCUT2D eigenvalue weighted by molar-refractivity contribution is 6.02. The van der Waals surface area contributed by atoms with Gasteiger partial charge in [-0.2, -0.15) is 0 Å². The summed E-state index contributed by atoms with van der Waals surface area (Å²) in [6, 6.07) is 7.09. The summed E-state index contributed by atoms with van der Waals surface area (Å²) < 4.78 is 5.31. The molecule has 1 amide bonds. The lowest BCUT2D eigenvalue weighted by Crippen LogP contribution is -2.14. The molecule has 1 heterocycles. The molecule has 0 aliphatic carbocycles. The van der Waals surface area contributed by atoms with E-state index in [0.717, 1.165) is 5.75 Å². The van der Waals surface area contributed by atoms with Gasteiger partial charge in [0.1, 0.15) is 17.3 Å². The second-order valence-electron chi connectivity index (χ2n) is 3.74. The Morgan fingerprint density at radius 1 is 1.26 bits per heavy atom. The maximum absolute atomic E-state index is 11.9. The number of nitrogens with one attached hydrogen (secondary N) is 1. The van der Waals surface area contributed by atoms with Crippen LogP contribution in [0.2, 0.25) is 0 Å². The summed E-state index contributed by atoms with van der Waals surface area (Å²) >= 11 is 0. The number of anilines is 2. The minimum atomic E-state index is -0.336. The maximum Gasteiger partial charge on any atom is 0.275 e. The lowest BCUT2D eigenvalue weighted by atomic mass is 10.3. The summed E-state index contributed by atoms with van der Waals surface area (Å²) in [5.41, 5.74) is 6.28. The van der Waals surface area contributed by atoms with Gasteiger partial charge < -0.3 is 15.8 Å². The molecule has 6 nitrogen and oxygen atoms in total. The number of carbonyl (C=O) groups is 1. The van der Waals surface area contributed by atoms with Gasteiger partial charge >= 0.3 is 0 Å². The fourth-order valence-electron chi connectivity index (χ4n) is 1.45. The molecule has 1 aromatic heterocycles. The molecule has 0 aliphatic rings. The zero-order chi connectivity index (χ0) is 13.7. The number of hydrogen-bond donors (Lipinski definition) is 2. The Morgan fingerprint density at radius 2 is 2.00 bits per heavy atom. The molecule has 0 saturated carbocycles. The van der Waals surface area contributed by atoms with Crippen molar-refractivity contribution in [1.82, 2.24) is 9.97 Å². The minimum absolute atomic E-state index is 0.211. The largest absolute Gasteiger partial charge is 0.494 e. The quantitative estimate of drug-likeness (QED) is 0.871. The SMILES string of the molecule is CCOc1ccc(NC(=O)c2cnc(N)cn2)cc1. The first-order valence-corrected chi connectivity index (χ1v) is 5.81. The summed E-state index contributed by atoms with van der Waals surface area (Å²) in [5.74, 6) is 0.696. The minimum Gasteiger partial charge on any atom is -0.494 e. The van der Waals surface area contributed by atoms with Gasteiger partial charge in [0.2, 0.25) is 0 Å². The Morgan fingerprint density at radius 3 is 2.58 bits per heavy atom. The molecule has 0 saturated heterocycles. The number of amides is 1. The van der Waals surface area contributed by atoms with Crippen LogP contribution in [-0.2, 0) is 0 Å². The number of nitrogens with two attached hydrogens (primary N) is 1. The van der Waals surface area contributed by atoms with Crippen molar-refractivity contribution in [3.8, 4) is 5.75 Å². The van der Waals surface area contributed by atoms with Crippen molar-refractivity contribution in [3.63, 3.8) is 0 Å². The molecule has 1 aromatic carbocycles. The highest BCUT2D eigenvalue weighted by Crippen LogP contribution is 2.16. The summed E-state index contributed by atoms with van der Waals surface area (Å²) in [6.07, 6.45) is 2.67. The number of hydrogen-bond acceptors (Lipinski definition) is 5. The van der Waals surface area contributed by atoms with Gasteiger partial charge in [0.05, 0.1) is 19.0 Å². The third-order valence-corrected chi connectivity index (χ3v) is 2.33. The average Bonchev–Trinajstić information content (AvgIpc) is 2.42. The van der Waals surface area contributed by atoms with Crippen molar-refractivity contribution in [2.75, 3.05) is 17.7 Å². The Balaban J connectivity index is 2.04. The third kappa shape index (κ3) is 3.41. The molecule has 0 aliphatic heterocycles. The van der Waals surface area contributed by atoms with Gasteiger partial charge in [-0.15, -0.1) is 0 Å². The zero-order valence-electron chi connectivity index (χ0n) is 10.5. The number of carbonyl (C=O) groups excluding carboxylic acids is 1. The summed E-state index contributed by atoms with van der Waals surface area (Å²) in [6.45, 7) is 2.52. The van der Waals surface area contributed by atoms with Crippen LogP contribution < -0.4 is 15.8 Å². The van der Waals surface area contributed by atoms with Gasteiger partial charge in [0.25, 0.3) is 5.91 Å². The van der Waals surface area contributed by atoms with E-state index in [4.69, 9.17) is 10.5 Å². The number of nitrogen functional groups attached to an aromatic ring is 1. The van der Waals surface area contributed by atoms with Crippen LogP contribution in [0.4, 0.5) is 11.5 Å². The van der Waals surface area contributed by atoms with Gasteiger partial charge in [-0.3, -0.25) is 4.79 Å². The molecule has 0 spiro atoms. The Kier molecular flexibility index (Phi) is 3.92. The number of ether oxygens (including phenoxy) is 1. The molecule has 2 aromatic rings. The zero-order valence-corrected chi connectivity index (χ0v) is 10.5.